The van der Waals surface area contributed by atoms with Gasteiger partial charge < -0.3 is 20.5 Å². The van der Waals surface area contributed by atoms with Gasteiger partial charge in [0.2, 0.25) is 12.7 Å². The van der Waals surface area contributed by atoms with E-state index in [1.807, 2.05) is 30.3 Å². The smallest absolute Gasteiger partial charge is 0.242 e. The fourth-order valence-corrected chi connectivity index (χ4v) is 2.92. The summed E-state index contributed by atoms with van der Waals surface area (Å²) in [5.41, 5.74) is 8.06. The summed E-state index contributed by atoms with van der Waals surface area (Å²) < 4.78 is 10.8. The SMILES string of the molecule is C=C/C=C(\C=C/N)CNC(=O)C(NCc1cccnc1)c1ccc2c(c1)OCO2. The number of allylic oxidation sites excluding steroid dienone is 2. The summed E-state index contributed by atoms with van der Waals surface area (Å²) in [6, 6.07) is 8.71. The van der Waals surface area contributed by atoms with E-state index in [0.29, 0.717) is 24.6 Å². The number of nitrogens with two attached hydrogens (primary N) is 1. The lowest BCUT2D eigenvalue weighted by atomic mass is 10.0. The lowest BCUT2D eigenvalue weighted by molar-refractivity contribution is -0.123. The Morgan fingerprint density at radius 2 is 2.17 bits per heavy atom. The van der Waals surface area contributed by atoms with Gasteiger partial charge in [-0.2, -0.15) is 0 Å². The van der Waals surface area contributed by atoms with Crippen molar-refractivity contribution in [2.24, 2.45) is 5.73 Å². The highest BCUT2D eigenvalue weighted by Gasteiger charge is 2.23. The Morgan fingerprint density at radius 3 is 2.93 bits per heavy atom. The third kappa shape index (κ3) is 5.46. The molecule has 1 aromatic heterocycles. The highest BCUT2D eigenvalue weighted by molar-refractivity contribution is 5.83. The van der Waals surface area contributed by atoms with Gasteiger partial charge in [0, 0.05) is 25.5 Å². The van der Waals surface area contributed by atoms with Crippen molar-refractivity contribution in [3.05, 3.63) is 90.4 Å². The average Bonchev–Trinajstić information content (AvgIpc) is 3.21. The Balaban J connectivity index is 1.77. The minimum Gasteiger partial charge on any atom is -0.454 e. The molecule has 1 aliphatic rings. The van der Waals surface area contributed by atoms with Crippen LogP contribution in [-0.2, 0) is 11.3 Å². The average molecular weight is 392 g/mol. The minimum absolute atomic E-state index is 0.173. The molecule has 4 N–H and O–H groups in total. The van der Waals surface area contributed by atoms with Gasteiger partial charge in [-0.1, -0.05) is 30.9 Å². The molecule has 1 amide bonds. The summed E-state index contributed by atoms with van der Waals surface area (Å²) in [4.78, 5) is 17.1. The van der Waals surface area contributed by atoms with Crippen molar-refractivity contribution in [1.82, 2.24) is 15.6 Å². The summed E-state index contributed by atoms with van der Waals surface area (Å²) in [7, 11) is 0. The number of nitrogens with one attached hydrogen (secondary N) is 2. The van der Waals surface area contributed by atoms with Crippen LogP contribution < -0.4 is 25.8 Å². The van der Waals surface area contributed by atoms with Crippen molar-refractivity contribution in [3.63, 3.8) is 0 Å². The predicted octanol–water partition coefficient (Wildman–Crippen LogP) is 2.34. The minimum atomic E-state index is -0.587. The molecule has 1 unspecified atom stereocenters. The first-order valence-electron chi connectivity index (χ1n) is 9.20. The topological polar surface area (TPSA) is 98.5 Å². The van der Waals surface area contributed by atoms with Gasteiger partial charge >= 0.3 is 0 Å². The van der Waals surface area contributed by atoms with Crippen LogP contribution in [0.5, 0.6) is 11.5 Å². The molecular formula is C22H24N4O3. The van der Waals surface area contributed by atoms with Crippen LogP contribution in [0.1, 0.15) is 17.2 Å². The number of nitrogens with zero attached hydrogens (tertiary/aromatic N) is 1. The Kier molecular flexibility index (Phi) is 7.02. The number of hydrogen-bond donors (Lipinski definition) is 3. The molecule has 29 heavy (non-hydrogen) atoms. The first-order valence-corrected chi connectivity index (χ1v) is 9.20. The molecule has 0 bridgehead atoms. The fraction of sp³-hybridized carbons (Fsp3) is 0.182. The molecule has 0 fully saturated rings. The second kappa shape index (κ2) is 10.1. The zero-order chi connectivity index (χ0) is 20.5. The number of hydrogen-bond acceptors (Lipinski definition) is 6. The molecular weight excluding hydrogens is 368 g/mol. The Morgan fingerprint density at radius 1 is 1.31 bits per heavy atom. The van der Waals surface area contributed by atoms with Crippen LogP contribution in [0.25, 0.3) is 0 Å². The third-order valence-corrected chi connectivity index (χ3v) is 4.33. The monoisotopic (exact) mass is 392 g/mol. The maximum Gasteiger partial charge on any atom is 0.242 e. The van der Waals surface area contributed by atoms with Gasteiger partial charge in [-0.15, -0.1) is 0 Å². The van der Waals surface area contributed by atoms with Crippen LogP contribution in [0.3, 0.4) is 0 Å². The van der Waals surface area contributed by atoms with Crippen LogP contribution in [0, 0.1) is 0 Å². The molecule has 1 aromatic carbocycles. The summed E-state index contributed by atoms with van der Waals surface area (Å²) in [6.07, 6.45) is 10.1. The van der Waals surface area contributed by atoms with E-state index in [1.54, 1.807) is 30.6 Å². The van der Waals surface area contributed by atoms with Crippen LogP contribution in [0.15, 0.2) is 79.3 Å². The predicted molar refractivity (Wildman–Crippen MR) is 111 cm³/mol. The Bertz CT molecular complexity index is 910. The van der Waals surface area contributed by atoms with E-state index in [4.69, 9.17) is 15.2 Å². The van der Waals surface area contributed by atoms with Crippen molar-refractivity contribution >= 4 is 5.91 Å². The quantitative estimate of drug-likeness (QED) is 0.567. The van der Waals surface area contributed by atoms with E-state index >= 15 is 0 Å². The van der Waals surface area contributed by atoms with Gasteiger partial charge in [0.05, 0.1) is 0 Å². The number of ether oxygens (including phenoxy) is 2. The number of rotatable bonds is 9. The lowest BCUT2D eigenvalue weighted by Crippen LogP contribution is -2.38. The molecule has 3 rings (SSSR count). The zero-order valence-corrected chi connectivity index (χ0v) is 16.0. The van der Waals surface area contributed by atoms with E-state index in [2.05, 4.69) is 22.2 Å². The summed E-state index contributed by atoms with van der Waals surface area (Å²) in [5.74, 6) is 1.12. The molecule has 0 aliphatic carbocycles. The molecule has 1 atom stereocenters. The number of fused-ring (bicyclic) bond motifs is 1. The van der Waals surface area contributed by atoms with E-state index in [9.17, 15) is 4.79 Å². The highest BCUT2D eigenvalue weighted by atomic mass is 16.7. The number of benzene rings is 1. The van der Waals surface area contributed by atoms with Gasteiger partial charge in [-0.05, 0) is 47.2 Å². The van der Waals surface area contributed by atoms with E-state index < -0.39 is 6.04 Å². The fourth-order valence-electron chi connectivity index (χ4n) is 2.92. The molecule has 1 aliphatic heterocycles. The van der Waals surface area contributed by atoms with Gasteiger partial charge in [-0.3, -0.25) is 15.1 Å². The number of pyridine rings is 1. The second-order valence-electron chi connectivity index (χ2n) is 6.34. The van der Waals surface area contributed by atoms with Crippen molar-refractivity contribution in [3.8, 4) is 11.5 Å². The largest absolute Gasteiger partial charge is 0.454 e. The molecule has 150 valence electrons. The van der Waals surface area contributed by atoms with E-state index in [-0.39, 0.29) is 12.7 Å². The highest BCUT2D eigenvalue weighted by Crippen LogP contribution is 2.34. The molecule has 2 aromatic rings. The second-order valence-corrected chi connectivity index (χ2v) is 6.34. The molecule has 0 radical (unpaired) electrons. The van der Waals surface area contributed by atoms with Crippen molar-refractivity contribution < 1.29 is 14.3 Å². The van der Waals surface area contributed by atoms with Crippen LogP contribution in [0.2, 0.25) is 0 Å². The molecule has 0 saturated carbocycles. The maximum atomic E-state index is 13.0. The molecule has 2 heterocycles. The Hall–Kier alpha value is -3.58. The lowest BCUT2D eigenvalue weighted by Gasteiger charge is -2.19. The Labute approximate surface area is 169 Å². The zero-order valence-electron chi connectivity index (χ0n) is 16.0. The van der Waals surface area contributed by atoms with E-state index in [0.717, 1.165) is 16.7 Å². The van der Waals surface area contributed by atoms with Crippen molar-refractivity contribution in [2.75, 3.05) is 13.3 Å². The molecule has 7 heteroatoms. The number of amides is 1. The summed E-state index contributed by atoms with van der Waals surface area (Å²) in [6.45, 7) is 4.67. The number of aromatic nitrogens is 1. The number of carbonyl (C=O) groups is 1. The van der Waals surface area contributed by atoms with Gasteiger partial charge in [0.15, 0.2) is 11.5 Å². The summed E-state index contributed by atoms with van der Waals surface area (Å²) in [5, 5.41) is 6.24. The van der Waals surface area contributed by atoms with Crippen LogP contribution >= 0.6 is 0 Å². The van der Waals surface area contributed by atoms with Crippen LogP contribution in [0.4, 0.5) is 0 Å². The summed E-state index contributed by atoms with van der Waals surface area (Å²) >= 11 is 0. The first kappa shape index (κ1) is 20.2. The third-order valence-electron chi connectivity index (χ3n) is 4.33. The molecule has 0 saturated heterocycles. The van der Waals surface area contributed by atoms with Gasteiger partial charge in [-0.25, -0.2) is 0 Å². The standard InChI is InChI=1S/C22H24N4O3/c1-2-4-16(8-9-23)13-26-22(27)21(25-14-17-5-3-10-24-12-17)18-6-7-19-20(11-18)29-15-28-19/h2-12,21,25H,1,13-15,23H2,(H,26,27)/b9-8-,16-4+. The van der Waals surface area contributed by atoms with Crippen molar-refractivity contribution in [2.45, 2.75) is 12.6 Å². The number of carbonyl (C=O) groups excluding carboxylic acids is 1. The van der Waals surface area contributed by atoms with Gasteiger partial charge in [0.1, 0.15) is 6.04 Å². The normalized spacial score (nSPS) is 14.0. The van der Waals surface area contributed by atoms with Crippen molar-refractivity contribution in [1.29, 1.82) is 0 Å². The van der Waals surface area contributed by atoms with Gasteiger partial charge in [0.25, 0.3) is 0 Å². The van der Waals surface area contributed by atoms with E-state index in [1.165, 1.54) is 6.20 Å². The molecule has 7 nitrogen and oxygen atoms in total. The van der Waals surface area contributed by atoms with Crippen LogP contribution in [-0.4, -0.2) is 24.2 Å². The molecule has 0 spiro atoms. The first-order chi connectivity index (χ1) is 14.2. The maximum absolute atomic E-state index is 13.0.